The highest BCUT2D eigenvalue weighted by molar-refractivity contribution is 7.89. The second-order valence-electron chi connectivity index (χ2n) is 5.88. The summed E-state index contributed by atoms with van der Waals surface area (Å²) in [6.07, 6.45) is -4.35. The lowest BCUT2D eigenvalue weighted by Crippen LogP contribution is -2.40. The van der Waals surface area contributed by atoms with Gasteiger partial charge in [-0.3, -0.25) is 4.79 Å². The molecule has 2 aliphatic heterocycles. The molecule has 1 N–H and O–H groups in total. The molecule has 2 aliphatic rings. The predicted molar refractivity (Wildman–Crippen MR) is 74.8 cm³/mol. The number of nitrogens with zero attached hydrogens (tertiary/aromatic N) is 1. The van der Waals surface area contributed by atoms with Crippen molar-refractivity contribution in [1.82, 2.24) is 9.62 Å². The monoisotopic (exact) mass is 348 g/mol. The molecule has 3 rings (SSSR count). The Kier molecular flexibility index (Phi) is 3.88. The summed E-state index contributed by atoms with van der Waals surface area (Å²) in [5, 5.41) is 2.69. The van der Waals surface area contributed by atoms with Gasteiger partial charge < -0.3 is 5.32 Å². The number of hydrogen-bond acceptors (Lipinski definition) is 3. The molecule has 0 aromatic heterocycles. The summed E-state index contributed by atoms with van der Waals surface area (Å²) in [7, 11) is -4.00. The molecule has 23 heavy (non-hydrogen) atoms. The van der Waals surface area contributed by atoms with Crippen LogP contribution in [0.3, 0.4) is 0 Å². The SMILES string of the molecule is O=C1C[C@@H]2CN(S(=O)(=O)c3cccc(C(F)(F)F)c3)C[C@@H]2CN1. The third-order valence-corrected chi connectivity index (χ3v) is 6.18. The van der Waals surface area contributed by atoms with Gasteiger partial charge in [0.2, 0.25) is 15.9 Å². The Morgan fingerprint density at radius 1 is 1.17 bits per heavy atom. The molecule has 2 atom stereocenters. The molecule has 0 spiro atoms. The van der Waals surface area contributed by atoms with Crippen LogP contribution in [0.4, 0.5) is 13.2 Å². The van der Waals surface area contributed by atoms with Crippen LogP contribution in [0, 0.1) is 11.8 Å². The quantitative estimate of drug-likeness (QED) is 0.880. The van der Waals surface area contributed by atoms with Gasteiger partial charge in [-0.2, -0.15) is 17.5 Å². The first-order chi connectivity index (χ1) is 10.7. The Hall–Kier alpha value is -1.61. The Morgan fingerprint density at radius 3 is 2.57 bits per heavy atom. The number of rotatable bonds is 2. The van der Waals surface area contributed by atoms with Crippen molar-refractivity contribution in [2.75, 3.05) is 19.6 Å². The van der Waals surface area contributed by atoms with Gasteiger partial charge >= 0.3 is 6.18 Å². The van der Waals surface area contributed by atoms with E-state index in [-0.39, 0.29) is 42.1 Å². The van der Waals surface area contributed by atoms with Gasteiger partial charge in [-0.05, 0) is 30.0 Å². The van der Waals surface area contributed by atoms with Crippen molar-refractivity contribution in [3.8, 4) is 0 Å². The Labute approximate surface area is 131 Å². The number of halogens is 3. The molecule has 0 bridgehead atoms. The van der Waals surface area contributed by atoms with E-state index in [1.54, 1.807) is 0 Å². The minimum Gasteiger partial charge on any atom is -0.356 e. The van der Waals surface area contributed by atoms with Gasteiger partial charge in [-0.25, -0.2) is 8.42 Å². The molecule has 5 nitrogen and oxygen atoms in total. The fourth-order valence-corrected chi connectivity index (χ4v) is 4.69. The average Bonchev–Trinajstić information content (AvgIpc) is 2.90. The molecule has 0 unspecified atom stereocenters. The van der Waals surface area contributed by atoms with Gasteiger partial charge in [0.1, 0.15) is 0 Å². The normalized spacial score (nSPS) is 26.0. The maximum Gasteiger partial charge on any atom is 0.416 e. The molecule has 2 saturated heterocycles. The van der Waals surface area contributed by atoms with E-state index in [4.69, 9.17) is 0 Å². The molecule has 0 radical (unpaired) electrons. The number of carbonyl (C=O) groups excluding carboxylic acids is 1. The number of alkyl halides is 3. The third-order valence-electron chi connectivity index (χ3n) is 4.35. The fraction of sp³-hybridized carbons (Fsp3) is 0.500. The second-order valence-corrected chi connectivity index (χ2v) is 7.81. The van der Waals surface area contributed by atoms with Crippen molar-refractivity contribution in [2.45, 2.75) is 17.5 Å². The number of hydrogen-bond donors (Lipinski definition) is 1. The van der Waals surface area contributed by atoms with Gasteiger partial charge in [0.05, 0.1) is 10.5 Å². The van der Waals surface area contributed by atoms with E-state index in [1.165, 1.54) is 4.31 Å². The first-order valence-corrected chi connectivity index (χ1v) is 8.56. The van der Waals surface area contributed by atoms with Crippen molar-refractivity contribution >= 4 is 15.9 Å². The van der Waals surface area contributed by atoms with E-state index in [0.717, 1.165) is 18.2 Å². The highest BCUT2D eigenvalue weighted by Crippen LogP contribution is 2.34. The summed E-state index contributed by atoms with van der Waals surface area (Å²) < 4.78 is 64.7. The lowest BCUT2D eigenvalue weighted by atomic mass is 9.89. The predicted octanol–water partition coefficient (Wildman–Crippen LogP) is 1.46. The van der Waals surface area contributed by atoms with Crippen LogP contribution in [0.25, 0.3) is 0 Å². The second kappa shape index (κ2) is 5.48. The van der Waals surface area contributed by atoms with Crippen molar-refractivity contribution in [2.24, 2.45) is 11.8 Å². The highest BCUT2D eigenvalue weighted by atomic mass is 32.2. The zero-order chi connectivity index (χ0) is 16.8. The Morgan fingerprint density at radius 2 is 1.87 bits per heavy atom. The first kappa shape index (κ1) is 16.3. The van der Waals surface area contributed by atoms with Gasteiger partial charge in [0.15, 0.2) is 0 Å². The number of sulfonamides is 1. The summed E-state index contributed by atoms with van der Waals surface area (Å²) in [4.78, 5) is 11.0. The summed E-state index contributed by atoms with van der Waals surface area (Å²) >= 11 is 0. The zero-order valence-corrected chi connectivity index (χ0v) is 12.8. The molecule has 1 aromatic rings. The van der Waals surface area contributed by atoms with Gasteiger partial charge in [-0.15, -0.1) is 0 Å². The molecule has 1 aromatic carbocycles. The molecule has 0 saturated carbocycles. The number of piperidine rings is 1. The topological polar surface area (TPSA) is 66.5 Å². The van der Waals surface area contributed by atoms with Crippen molar-refractivity contribution in [3.63, 3.8) is 0 Å². The maximum atomic E-state index is 12.8. The lowest BCUT2D eigenvalue weighted by Gasteiger charge is -2.23. The van der Waals surface area contributed by atoms with Crippen LogP contribution >= 0.6 is 0 Å². The summed E-state index contributed by atoms with van der Waals surface area (Å²) in [6, 6.07) is 3.74. The first-order valence-electron chi connectivity index (χ1n) is 7.12. The van der Waals surface area contributed by atoms with E-state index < -0.39 is 21.8 Å². The van der Waals surface area contributed by atoms with Crippen LogP contribution in [0.1, 0.15) is 12.0 Å². The Balaban J connectivity index is 1.87. The van der Waals surface area contributed by atoms with Gasteiger partial charge in [-0.1, -0.05) is 6.07 Å². The van der Waals surface area contributed by atoms with Crippen LogP contribution in [0.5, 0.6) is 0 Å². The number of carbonyl (C=O) groups is 1. The minimum absolute atomic E-state index is 0.00766. The van der Waals surface area contributed by atoms with Crippen LogP contribution in [-0.2, 0) is 21.0 Å². The lowest BCUT2D eigenvalue weighted by molar-refractivity contribution is -0.137. The van der Waals surface area contributed by atoms with Crippen LogP contribution < -0.4 is 5.32 Å². The van der Waals surface area contributed by atoms with Crippen molar-refractivity contribution in [1.29, 1.82) is 0 Å². The maximum absolute atomic E-state index is 12.8. The van der Waals surface area contributed by atoms with Gasteiger partial charge in [0, 0.05) is 26.1 Å². The smallest absolute Gasteiger partial charge is 0.356 e. The standard InChI is InChI=1S/C14H15F3N2O3S/c15-14(16,17)11-2-1-3-12(5-11)23(21,22)19-7-9-4-13(20)18-6-10(9)8-19/h1-3,5,9-10H,4,6-8H2,(H,18,20)/t9-,10+/m1/s1. The molecule has 2 fully saturated rings. The fourth-order valence-electron chi connectivity index (χ4n) is 3.09. The summed E-state index contributed by atoms with van der Waals surface area (Å²) in [5.41, 5.74) is -0.993. The molecule has 2 heterocycles. The van der Waals surface area contributed by atoms with Crippen molar-refractivity contribution < 1.29 is 26.4 Å². The number of benzene rings is 1. The largest absolute Gasteiger partial charge is 0.416 e. The zero-order valence-electron chi connectivity index (χ0n) is 12.0. The number of fused-ring (bicyclic) bond motifs is 1. The van der Waals surface area contributed by atoms with E-state index in [0.29, 0.717) is 12.6 Å². The van der Waals surface area contributed by atoms with Crippen molar-refractivity contribution in [3.05, 3.63) is 29.8 Å². The molecule has 126 valence electrons. The molecule has 1 amide bonds. The average molecular weight is 348 g/mol. The number of amides is 1. The van der Waals surface area contributed by atoms with E-state index >= 15 is 0 Å². The minimum atomic E-state index is -4.60. The Bertz CT molecular complexity index is 733. The highest BCUT2D eigenvalue weighted by Gasteiger charge is 2.42. The van der Waals surface area contributed by atoms with E-state index in [9.17, 15) is 26.4 Å². The number of nitrogens with one attached hydrogen (secondary N) is 1. The van der Waals surface area contributed by atoms with Crippen LogP contribution in [0.15, 0.2) is 29.2 Å². The van der Waals surface area contributed by atoms with E-state index in [1.807, 2.05) is 0 Å². The molecule has 9 heteroatoms. The van der Waals surface area contributed by atoms with E-state index in [2.05, 4.69) is 5.32 Å². The third kappa shape index (κ3) is 3.07. The summed E-state index contributed by atoms with van der Waals surface area (Å²) in [6.45, 7) is 0.776. The molecular formula is C14H15F3N2O3S. The van der Waals surface area contributed by atoms with Gasteiger partial charge in [0.25, 0.3) is 0 Å². The van der Waals surface area contributed by atoms with Crippen LogP contribution in [0.2, 0.25) is 0 Å². The molecule has 0 aliphatic carbocycles. The molecular weight excluding hydrogens is 333 g/mol. The van der Waals surface area contributed by atoms with Crippen LogP contribution in [-0.4, -0.2) is 38.3 Å². The summed E-state index contributed by atoms with van der Waals surface area (Å²) in [5.74, 6) is -0.192.